The molecule has 12 heteroatoms. The molecule has 1 aliphatic heterocycles. The van der Waals surface area contributed by atoms with E-state index in [1.54, 1.807) is 0 Å². The van der Waals surface area contributed by atoms with Crippen LogP contribution < -0.4 is 5.43 Å². The number of carbonyl (C=O) groups excluding carboxylic acids is 2. The molecule has 1 aromatic heterocycles. The third-order valence-corrected chi connectivity index (χ3v) is 3.80. The highest BCUT2D eigenvalue weighted by Gasteiger charge is 2.38. The summed E-state index contributed by atoms with van der Waals surface area (Å²) < 4.78 is 52.2. The summed E-state index contributed by atoms with van der Waals surface area (Å²) >= 11 is 0. The topological polar surface area (TPSA) is 107 Å². The Bertz CT molecular complexity index is 882. The van der Waals surface area contributed by atoms with Crippen molar-refractivity contribution in [3.63, 3.8) is 0 Å². The summed E-state index contributed by atoms with van der Waals surface area (Å²) in [6.07, 6.45) is -5.98. The largest absolute Gasteiger partial charge is 0.471 e. The fourth-order valence-electron chi connectivity index (χ4n) is 2.41. The van der Waals surface area contributed by atoms with Crippen molar-refractivity contribution in [1.82, 2.24) is 20.6 Å². The Morgan fingerprint density at radius 1 is 1.34 bits per heavy atom. The number of halogens is 3. The molecule has 9 nitrogen and oxygen atoms in total. The van der Waals surface area contributed by atoms with E-state index in [1.165, 1.54) is 24.3 Å². The Morgan fingerprint density at radius 2 is 2.03 bits per heavy atom. The summed E-state index contributed by atoms with van der Waals surface area (Å²) in [5.74, 6) is -2.32. The quantitative estimate of drug-likeness (QED) is 0.774. The molecular weight excluding hydrogens is 397 g/mol. The van der Waals surface area contributed by atoms with E-state index < -0.39 is 30.2 Å². The van der Waals surface area contributed by atoms with E-state index >= 15 is 0 Å². The van der Waals surface area contributed by atoms with Crippen LogP contribution in [-0.2, 0) is 15.7 Å². The lowest BCUT2D eigenvalue weighted by atomic mass is 10.1. The van der Waals surface area contributed by atoms with E-state index in [2.05, 4.69) is 20.1 Å². The van der Waals surface area contributed by atoms with Gasteiger partial charge in [-0.05, 0) is 26.0 Å². The maximum Gasteiger partial charge on any atom is 0.471 e. The van der Waals surface area contributed by atoms with Crippen molar-refractivity contribution in [3.05, 3.63) is 35.7 Å². The monoisotopic (exact) mass is 414 g/mol. The number of hydrazine groups is 1. The van der Waals surface area contributed by atoms with Crippen molar-refractivity contribution < 1.29 is 36.8 Å². The van der Waals surface area contributed by atoms with Crippen LogP contribution in [0.5, 0.6) is 0 Å². The number of nitrogens with zero attached hydrogens (tertiary/aromatic N) is 3. The van der Waals surface area contributed by atoms with Gasteiger partial charge in [-0.25, -0.2) is 9.80 Å². The van der Waals surface area contributed by atoms with Crippen molar-refractivity contribution in [1.29, 1.82) is 0 Å². The maximum atomic E-state index is 12.5. The molecule has 0 bridgehead atoms. The normalized spacial score (nSPS) is 17.0. The molecule has 2 amide bonds. The van der Waals surface area contributed by atoms with Gasteiger partial charge in [-0.3, -0.25) is 10.2 Å². The third-order valence-electron chi connectivity index (χ3n) is 3.80. The molecule has 3 rings (SSSR count). The molecule has 1 aromatic carbocycles. The molecule has 1 saturated heterocycles. The van der Waals surface area contributed by atoms with Gasteiger partial charge in [-0.2, -0.15) is 18.2 Å². The van der Waals surface area contributed by atoms with Gasteiger partial charge in [-0.15, -0.1) is 0 Å². The fraction of sp³-hybridized carbons (Fsp3) is 0.412. The molecule has 156 valence electrons. The molecular formula is C17H17F3N4O5. The Morgan fingerprint density at radius 3 is 2.62 bits per heavy atom. The van der Waals surface area contributed by atoms with Crippen LogP contribution in [0.1, 0.15) is 30.1 Å². The average Bonchev–Trinajstić information content (AvgIpc) is 3.27. The van der Waals surface area contributed by atoms with Gasteiger partial charge in [0.1, 0.15) is 6.10 Å². The molecule has 29 heavy (non-hydrogen) atoms. The first-order valence-corrected chi connectivity index (χ1v) is 8.55. The highest BCUT2D eigenvalue weighted by molar-refractivity contribution is 5.95. The number of rotatable bonds is 6. The minimum atomic E-state index is -4.74. The molecule has 1 atom stereocenters. The molecule has 1 fully saturated rings. The molecule has 0 saturated carbocycles. The lowest BCUT2D eigenvalue weighted by Gasteiger charge is -2.15. The summed E-state index contributed by atoms with van der Waals surface area (Å²) in [6.45, 7) is 4.02. The Labute approximate surface area is 162 Å². The second kappa shape index (κ2) is 8.07. The van der Waals surface area contributed by atoms with Crippen molar-refractivity contribution in [2.75, 3.05) is 13.2 Å². The molecule has 1 unspecified atom stereocenters. The number of nitrogens with one attached hydrogen (secondary N) is 1. The van der Waals surface area contributed by atoms with E-state index in [0.717, 1.165) is 5.01 Å². The molecule has 1 N–H and O–H groups in total. The van der Waals surface area contributed by atoms with Crippen LogP contribution in [0.2, 0.25) is 0 Å². The van der Waals surface area contributed by atoms with Gasteiger partial charge in [0, 0.05) is 11.1 Å². The average molecular weight is 414 g/mol. The number of cyclic esters (lactones) is 1. The van der Waals surface area contributed by atoms with E-state index in [-0.39, 0.29) is 36.2 Å². The number of hydrogen-bond acceptors (Lipinski definition) is 7. The standard InChI is InChI=1S/C17H17F3N4O5/c1-9(2)27-8-12-7-24(16(26)28-12)22-14(25)11-5-3-10(4-6-11)13-21-15(29-23-13)17(18,19)20/h3-6,9,12H,7-8H2,1-2H3,(H,22,25). The number of benzene rings is 1. The number of amides is 2. The molecule has 0 radical (unpaired) electrons. The predicted octanol–water partition coefficient (Wildman–Crippen LogP) is 2.65. The smallest absolute Gasteiger partial charge is 0.440 e. The maximum absolute atomic E-state index is 12.5. The highest BCUT2D eigenvalue weighted by Crippen LogP contribution is 2.29. The van der Waals surface area contributed by atoms with Gasteiger partial charge >= 0.3 is 18.2 Å². The zero-order chi connectivity index (χ0) is 21.2. The first-order valence-electron chi connectivity index (χ1n) is 8.55. The number of alkyl halides is 3. The zero-order valence-electron chi connectivity index (χ0n) is 15.4. The first kappa shape index (κ1) is 20.6. The number of aromatic nitrogens is 2. The lowest BCUT2D eigenvalue weighted by molar-refractivity contribution is -0.159. The summed E-state index contributed by atoms with van der Waals surface area (Å²) in [5.41, 5.74) is 2.81. The van der Waals surface area contributed by atoms with Crippen molar-refractivity contribution in [2.45, 2.75) is 32.2 Å². The zero-order valence-corrected chi connectivity index (χ0v) is 15.4. The molecule has 0 spiro atoms. The molecule has 0 aliphatic carbocycles. The van der Waals surface area contributed by atoms with Crippen molar-refractivity contribution in [3.8, 4) is 11.4 Å². The van der Waals surface area contributed by atoms with E-state index in [1.807, 2.05) is 13.8 Å². The number of hydrogen-bond donors (Lipinski definition) is 1. The van der Waals surface area contributed by atoms with E-state index in [9.17, 15) is 22.8 Å². The Kier molecular flexibility index (Phi) is 5.73. The van der Waals surface area contributed by atoms with Crippen LogP contribution in [0.3, 0.4) is 0 Å². The minimum absolute atomic E-state index is 0.0257. The Hall–Kier alpha value is -3.15. The van der Waals surface area contributed by atoms with Gasteiger partial charge in [0.2, 0.25) is 5.82 Å². The summed E-state index contributed by atoms with van der Waals surface area (Å²) in [7, 11) is 0. The third kappa shape index (κ3) is 5.02. The fourth-order valence-corrected chi connectivity index (χ4v) is 2.41. The second-order valence-corrected chi connectivity index (χ2v) is 6.44. The van der Waals surface area contributed by atoms with Crippen LogP contribution >= 0.6 is 0 Å². The number of carbonyl (C=O) groups is 2. The predicted molar refractivity (Wildman–Crippen MR) is 90.3 cm³/mol. The van der Waals surface area contributed by atoms with E-state index in [4.69, 9.17) is 9.47 Å². The van der Waals surface area contributed by atoms with Crippen LogP contribution in [0.15, 0.2) is 28.8 Å². The minimum Gasteiger partial charge on any atom is -0.440 e. The van der Waals surface area contributed by atoms with Gasteiger partial charge < -0.3 is 14.0 Å². The number of ether oxygens (including phenoxy) is 2. The van der Waals surface area contributed by atoms with Crippen LogP contribution in [0.25, 0.3) is 11.4 Å². The van der Waals surface area contributed by atoms with Gasteiger partial charge in [0.05, 0.1) is 19.3 Å². The second-order valence-electron chi connectivity index (χ2n) is 6.44. The van der Waals surface area contributed by atoms with Gasteiger partial charge in [0.25, 0.3) is 5.91 Å². The van der Waals surface area contributed by atoms with Crippen molar-refractivity contribution in [2.24, 2.45) is 0 Å². The van der Waals surface area contributed by atoms with Crippen LogP contribution in [0.4, 0.5) is 18.0 Å². The van der Waals surface area contributed by atoms with Crippen LogP contribution in [0, 0.1) is 0 Å². The Balaban J connectivity index is 1.61. The summed E-state index contributed by atoms with van der Waals surface area (Å²) in [6, 6.07) is 5.44. The first-order chi connectivity index (χ1) is 13.6. The lowest BCUT2D eigenvalue weighted by Crippen LogP contribution is -2.43. The summed E-state index contributed by atoms with van der Waals surface area (Å²) in [5, 5.41) is 4.30. The van der Waals surface area contributed by atoms with E-state index in [0.29, 0.717) is 0 Å². The van der Waals surface area contributed by atoms with Crippen molar-refractivity contribution >= 4 is 12.0 Å². The van der Waals surface area contributed by atoms with Gasteiger partial charge in [-0.1, -0.05) is 17.3 Å². The highest BCUT2D eigenvalue weighted by atomic mass is 19.4. The molecule has 1 aliphatic rings. The van der Waals surface area contributed by atoms with Gasteiger partial charge in [0.15, 0.2) is 0 Å². The SMILES string of the molecule is CC(C)OCC1CN(NC(=O)c2ccc(-c3noc(C(F)(F)F)n3)cc2)C(=O)O1. The molecule has 2 aromatic rings. The molecule has 2 heterocycles. The van der Waals surface area contributed by atoms with Crippen LogP contribution in [-0.4, -0.2) is 52.5 Å². The summed E-state index contributed by atoms with van der Waals surface area (Å²) in [4.78, 5) is 27.4.